The van der Waals surface area contributed by atoms with Crippen LogP contribution in [0.2, 0.25) is 0 Å². The lowest BCUT2D eigenvalue weighted by Crippen LogP contribution is -2.19. The second kappa shape index (κ2) is 3.82. The third kappa shape index (κ3) is 3.49. The summed E-state index contributed by atoms with van der Waals surface area (Å²) >= 11 is 0.918. The topological polar surface area (TPSA) is 31.4 Å². The molecule has 0 fully saturated rings. The number of alkyl halides is 3. The molecule has 1 aromatic rings. The first kappa shape index (κ1) is 10.1. The van der Waals surface area contributed by atoms with Gasteiger partial charge in [-0.1, -0.05) is 0 Å². The standard InChI is InChI=1S/C6H6F3NO2S/c1-11-4-2-10-5(13-4)12-3-6(7,8)9/h2H,3H2,1H3. The van der Waals surface area contributed by atoms with E-state index in [4.69, 9.17) is 4.74 Å². The van der Waals surface area contributed by atoms with Crippen LogP contribution in [-0.2, 0) is 0 Å². The Kier molecular flexibility index (Phi) is 2.97. The molecule has 74 valence electrons. The first-order chi connectivity index (χ1) is 6.01. The smallest absolute Gasteiger partial charge is 0.422 e. The van der Waals surface area contributed by atoms with Gasteiger partial charge in [0, 0.05) is 0 Å². The summed E-state index contributed by atoms with van der Waals surface area (Å²) in [6.45, 7) is -1.33. The lowest BCUT2D eigenvalue weighted by atomic mass is 10.7. The third-order valence-corrected chi connectivity index (χ3v) is 1.89. The van der Waals surface area contributed by atoms with Gasteiger partial charge >= 0.3 is 6.18 Å². The minimum atomic E-state index is -4.33. The van der Waals surface area contributed by atoms with Gasteiger partial charge in [0.1, 0.15) is 0 Å². The first-order valence-electron chi connectivity index (χ1n) is 3.20. The minimum absolute atomic E-state index is 0.0471. The fourth-order valence-corrected chi connectivity index (χ4v) is 1.13. The maximum Gasteiger partial charge on any atom is 0.422 e. The van der Waals surface area contributed by atoms with E-state index < -0.39 is 12.8 Å². The molecule has 0 aliphatic carbocycles. The molecule has 7 heteroatoms. The van der Waals surface area contributed by atoms with E-state index in [9.17, 15) is 13.2 Å². The molecule has 0 atom stereocenters. The van der Waals surface area contributed by atoms with Gasteiger partial charge in [0.15, 0.2) is 11.7 Å². The molecule has 0 saturated carbocycles. The van der Waals surface area contributed by atoms with Crippen molar-refractivity contribution in [2.45, 2.75) is 6.18 Å². The van der Waals surface area contributed by atoms with Gasteiger partial charge in [-0.25, -0.2) is 4.98 Å². The molecule has 0 aromatic carbocycles. The van der Waals surface area contributed by atoms with Crippen LogP contribution in [-0.4, -0.2) is 24.9 Å². The first-order valence-corrected chi connectivity index (χ1v) is 4.02. The largest absolute Gasteiger partial charge is 0.486 e. The number of ether oxygens (including phenoxy) is 2. The fraction of sp³-hybridized carbons (Fsp3) is 0.500. The molecular formula is C6H6F3NO2S. The van der Waals surface area contributed by atoms with Crippen molar-refractivity contribution in [2.75, 3.05) is 13.7 Å². The fourth-order valence-electron chi connectivity index (χ4n) is 0.549. The number of halogens is 3. The normalized spacial score (nSPS) is 11.4. The van der Waals surface area contributed by atoms with Gasteiger partial charge < -0.3 is 9.47 Å². The van der Waals surface area contributed by atoms with Gasteiger partial charge in [-0.3, -0.25) is 0 Å². The summed E-state index contributed by atoms with van der Waals surface area (Å²) in [5.74, 6) is 0. The van der Waals surface area contributed by atoms with Crippen molar-refractivity contribution >= 4 is 11.3 Å². The molecule has 1 aromatic heterocycles. The highest BCUT2D eigenvalue weighted by molar-refractivity contribution is 7.15. The Bertz CT molecular complexity index is 273. The van der Waals surface area contributed by atoms with Crippen LogP contribution in [0.15, 0.2) is 6.20 Å². The van der Waals surface area contributed by atoms with Gasteiger partial charge in [0.2, 0.25) is 0 Å². The Morgan fingerprint density at radius 2 is 2.23 bits per heavy atom. The number of thiazole rings is 1. The van der Waals surface area contributed by atoms with Crippen LogP contribution in [0, 0.1) is 0 Å². The zero-order valence-electron chi connectivity index (χ0n) is 6.59. The van der Waals surface area contributed by atoms with Gasteiger partial charge in [0.05, 0.1) is 13.3 Å². The minimum Gasteiger partial charge on any atom is -0.486 e. The second-order valence-electron chi connectivity index (χ2n) is 2.05. The Morgan fingerprint density at radius 3 is 2.69 bits per heavy atom. The SMILES string of the molecule is COc1cnc(OCC(F)(F)F)s1. The zero-order chi connectivity index (χ0) is 9.90. The van der Waals surface area contributed by atoms with Gasteiger partial charge in [0.25, 0.3) is 5.19 Å². The van der Waals surface area contributed by atoms with E-state index in [1.165, 1.54) is 13.3 Å². The lowest BCUT2D eigenvalue weighted by molar-refractivity contribution is -0.153. The van der Waals surface area contributed by atoms with Crippen molar-refractivity contribution in [3.8, 4) is 10.3 Å². The predicted molar refractivity (Wildman–Crippen MR) is 40.2 cm³/mol. The van der Waals surface area contributed by atoms with Crippen LogP contribution in [0.25, 0.3) is 0 Å². The molecule has 0 spiro atoms. The van der Waals surface area contributed by atoms with Crippen molar-refractivity contribution in [3.05, 3.63) is 6.20 Å². The molecule has 3 nitrogen and oxygen atoms in total. The molecular weight excluding hydrogens is 207 g/mol. The van der Waals surface area contributed by atoms with Crippen molar-refractivity contribution in [3.63, 3.8) is 0 Å². The van der Waals surface area contributed by atoms with E-state index >= 15 is 0 Å². The number of hydrogen-bond acceptors (Lipinski definition) is 4. The van der Waals surface area contributed by atoms with Crippen LogP contribution in [0.3, 0.4) is 0 Å². The summed E-state index contributed by atoms with van der Waals surface area (Å²) in [7, 11) is 1.40. The van der Waals surface area contributed by atoms with Crippen LogP contribution in [0.5, 0.6) is 10.3 Å². The summed E-state index contributed by atoms with van der Waals surface area (Å²) in [5, 5.41) is 0.367. The van der Waals surface area contributed by atoms with Crippen molar-refractivity contribution < 1.29 is 22.6 Å². The molecule has 1 rings (SSSR count). The Labute approximate surface area is 76.1 Å². The van der Waals surface area contributed by atoms with Gasteiger partial charge in [-0.2, -0.15) is 13.2 Å². The Balaban J connectivity index is 2.46. The molecule has 0 unspecified atom stereocenters. The lowest BCUT2D eigenvalue weighted by Gasteiger charge is -2.04. The highest BCUT2D eigenvalue weighted by Crippen LogP contribution is 2.28. The van der Waals surface area contributed by atoms with Gasteiger partial charge in [-0.15, -0.1) is 0 Å². The highest BCUT2D eigenvalue weighted by atomic mass is 32.1. The highest BCUT2D eigenvalue weighted by Gasteiger charge is 2.28. The Hall–Kier alpha value is -0.980. The average molecular weight is 213 g/mol. The number of rotatable bonds is 3. The number of hydrogen-bond donors (Lipinski definition) is 0. The maximum atomic E-state index is 11.7. The molecule has 0 amide bonds. The maximum absolute atomic E-state index is 11.7. The average Bonchev–Trinajstić information content (AvgIpc) is 2.47. The van der Waals surface area contributed by atoms with Crippen molar-refractivity contribution in [1.82, 2.24) is 4.98 Å². The van der Waals surface area contributed by atoms with Crippen LogP contribution < -0.4 is 9.47 Å². The molecule has 0 saturated heterocycles. The second-order valence-corrected chi connectivity index (χ2v) is 3.01. The van der Waals surface area contributed by atoms with E-state index in [0.717, 1.165) is 11.3 Å². The van der Waals surface area contributed by atoms with Crippen LogP contribution >= 0.6 is 11.3 Å². The monoisotopic (exact) mass is 213 g/mol. The van der Waals surface area contributed by atoms with Crippen molar-refractivity contribution in [1.29, 1.82) is 0 Å². The molecule has 0 bridgehead atoms. The summed E-state index contributed by atoms with van der Waals surface area (Å²) in [6, 6.07) is 0. The molecule has 0 N–H and O–H groups in total. The summed E-state index contributed by atoms with van der Waals surface area (Å²) in [6.07, 6.45) is -3.03. The van der Waals surface area contributed by atoms with E-state index in [1.54, 1.807) is 0 Å². The summed E-state index contributed by atoms with van der Waals surface area (Å²) < 4.78 is 44.0. The van der Waals surface area contributed by atoms with Gasteiger partial charge in [-0.05, 0) is 11.3 Å². The molecule has 1 heterocycles. The zero-order valence-corrected chi connectivity index (χ0v) is 7.41. The van der Waals surface area contributed by atoms with E-state index in [1.807, 2.05) is 0 Å². The van der Waals surface area contributed by atoms with Crippen LogP contribution in [0.1, 0.15) is 0 Å². The summed E-state index contributed by atoms with van der Waals surface area (Å²) in [5.41, 5.74) is 0. The van der Waals surface area contributed by atoms with E-state index in [0.29, 0.717) is 5.06 Å². The molecule has 0 aliphatic heterocycles. The molecule has 0 aliphatic rings. The number of methoxy groups -OCH3 is 1. The summed E-state index contributed by atoms with van der Waals surface area (Å²) in [4.78, 5) is 3.56. The number of aromatic nitrogens is 1. The Morgan fingerprint density at radius 1 is 1.54 bits per heavy atom. The predicted octanol–water partition coefficient (Wildman–Crippen LogP) is 2.09. The number of nitrogens with zero attached hydrogens (tertiary/aromatic N) is 1. The quantitative estimate of drug-likeness (QED) is 0.770. The van der Waals surface area contributed by atoms with Crippen molar-refractivity contribution in [2.24, 2.45) is 0 Å². The van der Waals surface area contributed by atoms with E-state index in [-0.39, 0.29) is 5.19 Å². The third-order valence-electron chi connectivity index (χ3n) is 1.02. The van der Waals surface area contributed by atoms with E-state index in [2.05, 4.69) is 9.72 Å². The molecule has 0 radical (unpaired) electrons. The van der Waals surface area contributed by atoms with Crippen LogP contribution in [0.4, 0.5) is 13.2 Å². The molecule has 13 heavy (non-hydrogen) atoms.